The molecule has 0 amide bonds. The Morgan fingerprint density at radius 2 is 2.40 bits per heavy atom. The molecule has 60 valence electrons. The second-order valence-electron chi connectivity index (χ2n) is 2.48. The van der Waals surface area contributed by atoms with E-state index in [-0.39, 0.29) is 11.3 Å². The van der Waals surface area contributed by atoms with E-state index in [9.17, 15) is 0 Å². The first kappa shape index (κ1) is 8.50. The van der Waals surface area contributed by atoms with Crippen LogP contribution in [0.1, 0.15) is 26.2 Å². The average molecular weight is 209 g/mol. The van der Waals surface area contributed by atoms with Crippen molar-refractivity contribution in [3.8, 4) is 0 Å². The van der Waals surface area contributed by atoms with Gasteiger partial charge >= 0.3 is 0 Å². The lowest BCUT2D eigenvalue weighted by Gasteiger charge is -2.23. The van der Waals surface area contributed by atoms with Gasteiger partial charge in [-0.3, -0.25) is 0 Å². The summed E-state index contributed by atoms with van der Waals surface area (Å²) in [5.41, 5.74) is 0. The van der Waals surface area contributed by atoms with Gasteiger partial charge in [-0.1, -0.05) is 15.9 Å². The van der Waals surface area contributed by atoms with Gasteiger partial charge in [0.2, 0.25) is 0 Å². The zero-order valence-electron chi connectivity index (χ0n) is 6.18. The van der Waals surface area contributed by atoms with Gasteiger partial charge < -0.3 is 9.47 Å². The number of ether oxygens (including phenoxy) is 2. The van der Waals surface area contributed by atoms with Gasteiger partial charge in [0.25, 0.3) is 0 Å². The highest BCUT2D eigenvalue weighted by Gasteiger charge is 2.15. The molecule has 0 aromatic carbocycles. The van der Waals surface area contributed by atoms with E-state index in [1.54, 1.807) is 0 Å². The Labute approximate surface area is 70.0 Å². The van der Waals surface area contributed by atoms with Crippen molar-refractivity contribution in [3.05, 3.63) is 0 Å². The molecule has 1 fully saturated rings. The van der Waals surface area contributed by atoms with E-state index in [0.717, 1.165) is 13.0 Å². The SMILES string of the molecule is CC(Br)OC1CCCCO1. The van der Waals surface area contributed by atoms with Gasteiger partial charge in [0.15, 0.2) is 6.29 Å². The molecule has 0 aromatic rings. The lowest BCUT2D eigenvalue weighted by atomic mass is 10.2. The molecule has 0 bridgehead atoms. The number of hydrogen-bond donors (Lipinski definition) is 0. The summed E-state index contributed by atoms with van der Waals surface area (Å²) < 4.78 is 10.7. The molecule has 0 saturated carbocycles. The Hall–Kier alpha value is 0.400. The first-order chi connectivity index (χ1) is 4.79. The van der Waals surface area contributed by atoms with Crippen LogP contribution >= 0.6 is 15.9 Å². The summed E-state index contributed by atoms with van der Waals surface area (Å²) in [7, 11) is 0. The van der Waals surface area contributed by atoms with Crippen LogP contribution < -0.4 is 0 Å². The van der Waals surface area contributed by atoms with Crippen LogP contribution in [-0.4, -0.2) is 17.9 Å². The number of hydrogen-bond acceptors (Lipinski definition) is 2. The fourth-order valence-corrected chi connectivity index (χ4v) is 1.27. The van der Waals surface area contributed by atoms with Crippen LogP contribution in [0.5, 0.6) is 0 Å². The second kappa shape index (κ2) is 4.31. The monoisotopic (exact) mass is 208 g/mol. The van der Waals surface area contributed by atoms with E-state index >= 15 is 0 Å². The third-order valence-corrected chi connectivity index (χ3v) is 1.69. The molecule has 1 heterocycles. The molecule has 2 nitrogen and oxygen atoms in total. The zero-order valence-corrected chi connectivity index (χ0v) is 7.76. The minimum atomic E-state index is 0.0307. The molecular formula is C7H13BrO2. The predicted molar refractivity (Wildman–Crippen MR) is 43.1 cm³/mol. The summed E-state index contributed by atoms with van der Waals surface area (Å²) in [6.07, 6.45) is 3.47. The maximum Gasteiger partial charge on any atom is 0.159 e. The van der Waals surface area contributed by atoms with Gasteiger partial charge in [0, 0.05) is 6.61 Å². The van der Waals surface area contributed by atoms with Gasteiger partial charge in [-0.25, -0.2) is 0 Å². The Bertz CT molecular complexity index is 89.6. The maximum atomic E-state index is 5.39. The number of rotatable bonds is 2. The van der Waals surface area contributed by atoms with Gasteiger partial charge in [0.1, 0.15) is 5.01 Å². The van der Waals surface area contributed by atoms with Gasteiger partial charge in [-0.2, -0.15) is 0 Å². The molecule has 1 saturated heterocycles. The maximum absolute atomic E-state index is 5.39. The lowest BCUT2D eigenvalue weighted by molar-refractivity contribution is -0.165. The van der Waals surface area contributed by atoms with Crippen LogP contribution in [0.2, 0.25) is 0 Å². The molecule has 10 heavy (non-hydrogen) atoms. The van der Waals surface area contributed by atoms with Crippen LogP contribution in [0.15, 0.2) is 0 Å². The lowest BCUT2D eigenvalue weighted by Crippen LogP contribution is -2.24. The molecule has 0 aliphatic carbocycles. The highest BCUT2D eigenvalue weighted by molar-refractivity contribution is 9.09. The van der Waals surface area contributed by atoms with E-state index in [1.165, 1.54) is 12.8 Å². The van der Waals surface area contributed by atoms with Crippen molar-refractivity contribution in [1.82, 2.24) is 0 Å². The van der Waals surface area contributed by atoms with Crippen LogP contribution in [0.4, 0.5) is 0 Å². The van der Waals surface area contributed by atoms with E-state index in [1.807, 2.05) is 6.92 Å². The summed E-state index contributed by atoms with van der Waals surface area (Å²) in [6, 6.07) is 0. The molecule has 2 unspecified atom stereocenters. The highest BCUT2D eigenvalue weighted by atomic mass is 79.9. The number of alkyl halides is 1. The van der Waals surface area contributed by atoms with Crippen molar-refractivity contribution in [1.29, 1.82) is 0 Å². The van der Waals surface area contributed by atoms with E-state index in [4.69, 9.17) is 9.47 Å². The van der Waals surface area contributed by atoms with Crippen molar-refractivity contribution >= 4 is 15.9 Å². The minimum Gasteiger partial charge on any atom is -0.353 e. The van der Waals surface area contributed by atoms with Gasteiger partial charge in [-0.15, -0.1) is 0 Å². The minimum absolute atomic E-state index is 0.0307. The zero-order chi connectivity index (χ0) is 7.40. The molecule has 0 N–H and O–H groups in total. The van der Waals surface area contributed by atoms with Crippen LogP contribution in [0.25, 0.3) is 0 Å². The fraction of sp³-hybridized carbons (Fsp3) is 1.00. The topological polar surface area (TPSA) is 18.5 Å². The number of halogens is 1. The smallest absolute Gasteiger partial charge is 0.159 e. The molecule has 1 rings (SSSR count). The normalized spacial score (nSPS) is 30.0. The van der Waals surface area contributed by atoms with E-state index < -0.39 is 0 Å². The predicted octanol–water partition coefficient (Wildman–Crippen LogP) is 2.27. The molecule has 1 aliphatic rings. The Balaban J connectivity index is 2.13. The largest absolute Gasteiger partial charge is 0.353 e. The van der Waals surface area contributed by atoms with Crippen molar-refractivity contribution in [2.75, 3.05) is 6.61 Å². The summed E-state index contributed by atoms with van der Waals surface area (Å²) in [5, 5.41) is 0.107. The highest BCUT2D eigenvalue weighted by Crippen LogP contribution is 2.16. The first-order valence-corrected chi connectivity index (χ1v) is 4.62. The Morgan fingerprint density at radius 1 is 1.60 bits per heavy atom. The molecule has 0 spiro atoms. The van der Waals surface area contributed by atoms with Crippen LogP contribution in [-0.2, 0) is 9.47 Å². The standard InChI is InChI=1S/C7H13BrO2/c1-6(8)10-7-4-2-3-5-9-7/h6-7H,2-5H2,1H3. The summed E-state index contributed by atoms with van der Waals surface area (Å²) in [4.78, 5) is 0. The fourth-order valence-electron chi connectivity index (χ4n) is 1.03. The summed E-state index contributed by atoms with van der Waals surface area (Å²) in [6.45, 7) is 2.81. The van der Waals surface area contributed by atoms with Crippen molar-refractivity contribution in [2.24, 2.45) is 0 Å². The quantitative estimate of drug-likeness (QED) is 0.649. The van der Waals surface area contributed by atoms with Crippen molar-refractivity contribution in [3.63, 3.8) is 0 Å². The van der Waals surface area contributed by atoms with E-state index in [0.29, 0.717) is 0 Å². The molecule has 3 heteroatoms. The molecular weight excluding hydrogens is 196 g/mol. The summed E-state index contributed by atoms with van der Waals surface area (Å²) in [5.74, 6) is 0. The molecule has 0 radical (unpaired) electrons. The molecule has 1 aliphatic heterocycles. The third-order valence-electron chi connectivity index (χ3n) is 1.48. The summed E-state index contributed by atoms with van der Waals surface area (Å²) >= 11 is 3.31. The third kappa shape index (κ3) is 2.99. The Morgan fingerprint density at radius 3 is 2.90 bits per heavy atom. The Kier molecular flexibility index (Phi) is 3.66. The average Bonchev–Trinajstić information content (AvgIpc) is 1.88. The van der Waals surface area contributed by atoms with Crippen molar-refractivity contribution in [2.45, 2.75) is 37.5 Å². The van der Waals surface area contributed by atoms with Crippen LogP contribution in [0.3, 0.4) is 0 Å². The molecule has 0 aromatic heterocycles. The van der Waals surface area contributed by atoms with E-state index in [2.05, 4.69) is 15.9 Å². The first-order valence-electron chi connectivity index (χ1n) is 3.70. The second-order valence-corrected chi connectivity index (χ2v) is 3.76. The van der Waals surface area contributed by atoms with Gasteiger partial charge in [-0.05, 0) is 26.2 Å². The van der Waals surface area contributed by atoms with Crippen molar-refractivity contribution < 1.29 is 9.47 Å². The van der Waals surface area contributed by atoms with Crippen LogP contribution in [0, 0.1) is 0 Å². The molecule has 2 atom stereocenters. The van der Waals surface area contributed by atoms with Gasteiger partial charge in [0.05, 0.1) is 0 Å².